The third-order valence-corrected chi connectivity index (χ3v) is 5.26. The zero-order valence-corrected chi connectivity index (χ0v) is 18.4. The van der Waals surface area contributed by atoms with Gasteiger partial charge in [0.25, 0.3) is 0 Å². The van der Waals surface area contributed by atoms with Crippen LogP contribution in [0.25, 0.3) is 0 Å². The fraction of sp³-hybridized carbons (Fsp3) is 0.280. The van der Waals surface area contributed by atoms with E-state index in [4.69, 9.17) is 4.74 Å². The molecule has 2 N–H and O–H groups in total. The highest BCUT2D eigenvalue weighted by Gasteiger charge is 2.39. The number of halogens is 7. The summed E-state index contributed by atoms with van der Waals surface area (Å²) in [5.74, 6) is -0.339. The van der Waals surface area contributed by atoms with Crippen LogP contribution < -0.4 is 10.1 Å². The molecule has 3 aromatic rings. The van der Waals surface area contributed by atoms with Gasteiger partial charge in [0.2, 0.25) is 0 Å². The second-order valence-electron chi connectivity index (χ2n) is 7.81. The van der Waals surface area contributed by atoms with Gasteiger partial charge in [-0.2, -0.15) is 26.3 Å². The Morgan fingerprint density at radius 2 is 1.54 bits per heavy atom. The maximum Gasteiger partial charge on any atom is 0.416 e. The van der Waals surface area contributed by atoms with Crippen LogP contribution in [0.15, 0.2) is 66.7 Å². The Labute approximate surface area is 197 Å². The van der Waals surface area contributed by atoms with Crippen molar-refractivity contribution < 1.29 is 40.6 Å². The molecule has 0 amide bonds. The molecule has 3 rings (SSSR count). The molecule has 0 aliphatic rings. The van der Waals surface area contributed by atoms with Gasteiger partial charge >= 0.3 is 12.4 Å². The van der Waals surface area contributed by atoms with Crippen molar-refractivity contribution in [1.29, 1.82) is 0 Å². The lowest BCUT2D eigenvalue weighted by molar-refractivity contribution is -0.202. The van der Waals surface area contributed by atoms with E-state index in [-0.39, 0.29) is 11.3 Å². The minimum absolute atomic E-state index is 0.141. The highest BCUT2D eigenvalue weighted by molar-refractivity contribution is 5.41. The van der Waals surface area contributed by atoms with Gasteiger partial charge in [0.15, 0.2) is 6.10 Å². The van der Waals surface area contributed by atoms with Gasteiger partial charge in [-0.15, -0.1) is 0 Å². The molecule has 0 aliphatic carbocycles. The van der Waals surface area contributed by atoms with Crippen molar-refractivity contribution >= 4 is 0 Å². The number of aliphatic hydroxyl groups excluding tert-OH is 1. The van der Waals surface area contributed by atoms with Crippen molar-refractivity contribution in [2.24, 2.45) is 0 Å². The largest absolute Gasteiger partial charge is 0.457 e. The second kappa shape index (κ2) is 10.7. The standard InChI is InChI=1S/C25H22F7NO2/c1-2-15-5-3-7-18(11-15)35-19-8-4-6-16(12-19)23(33-14-22(34)25(30,31)32)20-13-17(24(27,28)29)9-10-21(20)26/h3-13,22-23,33-34H,2,14H2,1H3/t22-,23?/m1/s1. The van der Waals surface area contributed by atoms with E-state index in [0.717, 1.165) is 12.0 Å². The highest BCUT2D eigenvalue weighted by atomic mass is 19.4. The number of hydrogen-bond donors (Lipinski definition) is 2. The Bertz CT molecular complexity index is 1150. The predicted octanol–water partition coefficient (Wildman–Crippen LogP) is 6.80. The fourth-order valence-corrected chi connectivity index (χ4v) is 3.42. The first-order valence-corrected chi connectivity index (χ1v) is 10.6. The molecule has 2 atom stereocenters. The van der Waals surface area contributed by atoms with E-state index in [9.17, 15) is 35.8 Å². The van der Waals surface area contributed by atoms with Crippen LogP contribution >= 0.6 is 0 Å². The van der Waals surface area contributed by atoms with Gasteiger partial charge in [0.1, 0.15) is 17.3 Å². The van der Waals surface area contributed by atoms with Gasteiger partial charge in [-0.3, -0.25) is 0 Å². The number of ether oxygens (including phenoxy) is 1. The Balaban J connectivity index is 2.00. The molecule has 0 bridgehead atoms. The Hall–Kier alpha value is -3.11. The Morgan fingerprint density at radius 1 is 0.886 bits per heavy atom. The minimum Gasteiger partial charge on any atom is -0.457 e. The zero-order valence-electron chi connectivity index (χ0n) is 18.4. The molecule has 0 heterocycles. The summed E-state index contributed by atoms with van der Waals surface area (Å²) in [6.07, 6.45) is -11.8. The molecular formula is C25H22F7NO2. The van der Waals surface area contributed by atoms with E-state index in [0.29, 0.717) is 23.9 Å². The van der Waals surface area contributed by atoms with E-state index >= 15 is 0 Å². The van der Waals surface area contributed by atoms with E-state index < -0.39 is 48.0 Å². The van der Waals surface area contributed by atoms with Gasteiger partial charge in [-0.05, 0) is 60.0 Å². The average Bonchev–Trinajstić information content (AvgIpc) is 2.79. The summed E-state index contributed by atoms with van der Waals surface area (Å²) in [6.45, 7) is 0.877. The highest BCUT2D eigenvalue weighted by Crippen LogP contribution is 2.35. The number of aliphatic hydroxyl groups is 1. The summed E-state index contributed by atoms with van der Waals surface area (Å²) in [6, 6.07) is 13.2. The minimum atomic E-state index is -4.97. The maximum absolute atomic E-state index is 14.7. The van der Waals surface area contributed by atoms with Gasteiger partial charge in [-0.25, -0.2) is 4.39 Å². The SMILES string of the molecule is CCc1cccc(Oc2cccc(C(NC[C@@H](O)C(F)(F)F)c3cc(C(F)(F)F)ccc3F)c2)c1. The second-order valence-corrected chi connectivity index (χ2v) is 7.81. The summed E-state index contributed by atoms with van der Waals surface area (Å²) in [5, 5.41) is 11.7. The van der Waals surface area contributed by atoms with Crippen LogP contribution in [0.5, 0.6) is 11.5 Å². The average molecular weight is 501 g/mol. The molecule has 10 heteroatoms. The van der Waals surface area contributed by atoms with Gasteiger partial charge in [0, 0.05) is 12.1 Å². The molecule has 3 aromatic carbocycles. The predicted molar refractivity (Wildman–Crippen MR) is 116 cm³/mol. The molecule has 35 heavy (non-hydrogen) atoms. The van der Waals surface area contributed by atoms with Crippen molar-refractivity contribution in [3.63, 3.8) is 0 Å². The number of alkyl halides is 6. The van der Waals surface area contributed by atoms with E-state index in [1.807, 2.05) is 13.0 Å². The molecule has 0 saturated carbocycles. The normalized spacial score (nSPS) is 14.0. The molecular weight excluding hydrogens is 479 g/mol. The lowest BCUT2D eigenvalue weighted by Gasteiger charge is -2.24. The topological polar surface area (TPSA) is 41.5 Å². The molecule has 1 unspecified atom stereocenters. The van der Waals surface area contributed by atoms with Gasteiger partial charge < -0.3 is 15.2 Å². The molecule has 0 radical (unpaired) electrons. The monoisotopic (exact) mass is 501 g/mol. The molecule has 0 aromatic heterocycles. The van der Waals surface area contributed by atoms with E-state index in [1.54, 1.807) is 24.3 Å². The van der Waals surface area contributed by atoms with Crippen molar-refractivity contribution in [2.45, 2.75) is 37.8 Å². The summed E-state index contributed by atoms with van der Waals surface area (Å²) in [7, 11) is 0. The number of benzene rings is 3. The van der Waals surface area contributed by atoms with Crippen molar-refractivity contribution in [3.8, 4) is 11.5 Å². The fourth-order valence-electron chi connectivity index (χ4n) is 3.42. The molecule has 0 fully saturated rings. The van der Waals surface area contributed by atoms with Crippen molar-refractivity contribution in [2.75, 3.05) is 6.54 Å². The molecule has 0 aliphatic heterocycles. The summed E-state index contributed by atoms with van der Waals surface area (Å²) in [5.41, 5.74) is -0.563. The molecule has 0 spiro atoms. The van der Waals surface area contributed by atoms with Gasteiger partial charge in [0.05, 0.1) is 11.6 Å². The van der Waals surface area contributed by atoms with E-state index in [2.05, 4.69) is 5.32 Å². The lowest BCUT2D eigenvalue weighted by atomic mass is 9.95. The molecule has 0 saturated heterocycles. The Morgan fingerprint density at radius 3 is 2.17 bits per heavy atom. The van der Waals surface area contributed by atoms with Crippen LogP contribution in [-0.2, 0) is 12.6 Å². The first-order chi connectivity index (χ1) is 16.4. The summed E-state index contributed by atoms with van der Waals surface area (Å²) >= 11 is 0. The first-order valence-electron chi connectivity index (χ1n) is 10.6. The summed E-state index contributed by atoms with van der Waals surface area (Å²) in [4.78, 5) is 0. The third-order valence-electron chi connectivity index (χ3n) is 5.26. The molecule has 188 valence electrons. The maximum atomic E-state index is 14.7. The van der Waals surface area contributed by atoms with Crippen molar-refractivity contribution in [3.05, 3.63) is 94.8 Å². The Kier molecular flexibility index (Phi) is 8.07. The van der Waals surface area contributed by atoms with Crippen LogP contribution in [-0.4, -0.2) is 23.9 Å². The van der Waals surface area contributed by atoms with Crippen LogP contribution in [0.3, 0.4) is 0 Å². The van der Waals surface area contributed by atoms with Crippen LogP contribution in [0, 0.1) is 5.82 Å². The number of hydrogen-bond acceptors (Lipinski definition) is 3. The van der Waals surface area contributed by atoms with Gasteiger partial charge in [-0.1, -0.05) is 31.2 Å². The lowest BCUT2D eigenvalue weighted by Crippen LogP contribution is -2.40. The number of aryl methyl sites for hydroxylation is 1. The smallest absolute Gasteiger partial charge is 0.416 e. The molecule has 3 nitrogen and oxygen atoms in total. The number of nitrogens with one attached hydrogen (secondary N) is 1. The summed E-state index contributed by atoms with van der Waals surface area (Å²) < 4.78 is 98.7. The van der Waals surface area contributed by atoms with Crippen LogP contribution in [0.1, 0.15) is 35.2 Å². The quantitative estimate of drug-likeness (QED) is 0.334. The zero-order chi connectivity index (χ0) is 25.8. The van der Waals surface area contributed by atoms with Crippen LogP contribution in [0.4, 0.5) is 30.7 Å². The van der Waals surface area contributed by atoms with Crippen molar-refractivity contribution in [1.82, 2.24) is 5.32 Å². The van der Waals surface area contributed by atoms with Crippen LogP contribution in [0.2, 0.25) is 0 Å². The van der Waals surface area contributed by atoms with E-state index in [1.165, 1.54) is 18.2 Å². The first kappa shape index (κ1) is 26.5. The number of rotatable bonds is 8. The third kappa shape index (κ3) is 6.95.